The van der Waals surface area contributed by atoms with Crippen molar-refractivity contribution >= 4 is 49.4 Å². The van der Waals surface area contributed by atoms with E-state index in [1.807, 2.05) is 4.90 Å². The molecule has 6 heteroatoms. The lowest BCUT2D eigenvalue weighted by atomic mass is 10.1. The molecule has 1 aromatic carbocycles. The SMILES string of the molecule is O=C(c1ccc(Cl)c(Br)c1)N1CCC(OCCBr)CC1. The number of likely N-dealkylation sites (tertiary alicyclic amines) is 1. The summed E-state index contributed by atoms with van der Waals surface area (Å²) in [5, 5.41) is 1.47. The van der Waals surface area contributed by atoms with E-state index >= 15 is 0 Å². The maximum absolute atomic E-state index is 12.4. The van der Waals surface area contributed by atoms with Crippen molar-refractivity contribution in [2.45, 2.75) is 18.9 Å². The first kappa shape index (κ1) is 16.3. The van der Waals surface area contributed by atoms with E-state index < -0.39 is 0 Å². The molecule has 1 saturated heterocycles. The quantitative estimate of drug-likeness (QED) is 0.680. The zero-order chi connectivity index (χ0) is 14.5. The third-order valence-corrected chi connectivity index (χ3v) is 4.86. The summed E-state index contributed by atoms with van der Waals surface area (Å²) >= 11 is 12.6. The Labute approximate surface area is 140 Å². The Hall–Kier alpha value is -0.100. The van der Waals surface area contributed by atoms with Crippen LogP contribution in [0.25, 0.3) is 0 Å². The zero-order valence-electron chi connectivity index (χ0n) is 10.9. The summed E-state index contributed by atoms with van der Waals surface area (Å²) in [7, 11) is 0. The second-order valence-electron chi connectivity index (χ2n) is 4.68. The number of benzene rings is 1. The van der Waals surface area contributed by atoms with Gasteiger partial charge in [-0.3, -0.25) is 4.79 Å². The Bertz CT molecular complexity index is 476. The number of amides is 1. The predicted molar refractivity (Wildman–Crippen MR) is 87.8 cm³/mol. The van der Waals surface area contributed by atoms with Gasteiger partial charge in [0.2, 0.25) is 0 Å². The van der Waals surface area contributed by atoms with Crippen LogP contribution in [0, 0.1) is 0 Å². The van der Waals surface area contributed by atoms with E-state index in [0.717, 1.165) is 42.3 Å². The first-order chi connectivity index (χ1) is 9.61. The normalized spacial score (nSPS) is 16.4. The van der Waals surface area contributed by atoms with Crippen molar-refractivity contribution in [3.05, 3.63) is 33.3 Å². The molecule has 1 aromatic rings. The number of halogens is 3. The van der Waals surface area contributed by atoms with Crippen molar-refractivity contribution in [3.63, 3.8) is 0 Å². The summed E-state index contributed by atoms with van der Waals surface area (Å²) < 4.78 is 6.44. The number of ether oxygens (including phenoxy) is 1. The van der Waals surface area contributed by atoms with Gasteiger partial charge in [-0.05, 0) is 47.0 Å². The summed E-state index contributed by atoms with van der Waals surface area (Å²) in [6.45, 7) is 2.21. The van der Waals surface area contributed by atoms with E-state index in [1.54, 1.807) is 18.2 Å². The van der Waals surface area contributed by atoms with E-state index in [1.165, 1.54) is 0 Å². The van der Waals surface area contributed by atoms with E-state index in [2.05, 4.69) is 31.9 Å². The van der Waals surface area contributed by atoms with Crippen LogP contribution in [0.1, 0.15) is 23.2 Å². The number of carbonyl (C=O) groups excluding carboxylic acids is 1. The Balaban J connectivity index is 1.92. The second kappa shape index (κ2) is 7.78. The fraction of sp³-hybridized carbons (Fsp3) is 0.500. The van der Waals surface area contributed by atoms with Gasteiger partial charge in [0.15, 0.2) is 0 Å². The van der Waals surface area contributed by atoms with Crippen molar-refractivity contribution in [1.29, 1.82) is 0 Å². The van der Waals surface area contributed by atoms with Gasteiger partial charge in [0.1, 0.15) is 0 Å². The lowest BCUT2D eigenvalue weighted by molar-refractivity contribution is 0.0160. The number of nitrogens with zero attached hydrogens (tertiary/aromatic N) is 1. The number of hydrogen-bond donors (Lipinski definition) is 0. The molecule has 0 unspecified atom stereocenters. The highest BCUT2D eigenvalue weighted by Gasteiger charge is 2.24. The average molecular weight is 426 g/mol. The van der Waals surface area contributed by atoms with E-state index in [4.69, 9.17) is 16.3 Å². The average Bonchev–Trinajstić information content (AvgIpc) is 2.48. The molecule has 0 bridgehead atoms. The molecule has 0 aliphatic carbocycles. The summed E-state index contributed by atoms with van der Waals surface area (Å²) in [6.07, 6.45) is 2.06. The predicted octanol–water partition coefficient (Wildman–Crippen LogP) is 4.12. The molecule has 1 heterocycles. The van der Waals surface area contributed by atoms with E-state index in [9.17, 15) is 4.79 Å². The molecule has 2 rings (SSSR count). The molecule has 3 nitrogen and oxygen atoms in total. The van der Waals surface area contributed by atoms with Crippen LogP contribution in [-0.2, 0) is 4.74 Å². The molecular formula is C14H16Br2ClNO2. The maximum Gasteiger partial charge on any atom is 0.253 e. The van der Waals surface area contributed by atoms with Gasteiger partial charge in [-0.1, -0.05) is 27.5 Å². The molecule has 110 valence electrons. The van der Waals surface area contributed by atoms with Crippen molar-refractivity contribution in [2.75, 3.05) is 25.0 Å². The van der Waals surface area contributed by atoms with Crippen LogP contribution in [0.2, 0.25) is 5.02 Å². The number of carbonyl (C=O) groups is 1. The Morgan fingerprint density at radius 1 is 1.40 bits per heavy atom. The molecular weight excluding hydrogens is 409 g/mol. The fourth-order valence-electron chi connectivity index (χ4n) is 2.25. The molecule has 0 saturated carbocycles. The van der Waals surface area contributed by atoms with Crippen LogP contribution in [0.4, 0.5) is 0 Å². The molecule has 20 heavy (non-hydrogen) atoms. The first-order valence-corrected chi connectivity index (χ1v) is 8.83. The number of hydrogen-bond acceptors (Lipinski definition) is 2. The molecule has 1 aliphatic heterocycles. The minimum atomic E-state index is 0.0568. The van der Waals surface area contributed by atoms with Gasteiger partial charge in [-0.25, -0.2) is 0 Å². The summed E-state index contributed by atoms with van der Waals surface area (Å²) in [6, 6.07) is 5.28. The van der Waals surface area contributed by atoms with Crippen LogP contribution < -0.4 is 0 Å². The Morgan fingerprint density at radius 2 is 2.10 bits per heavy atom. The summed E-state index contributed by atoms with van der Waals surface area (Å²) in [4.78, 5) is 14.3. The zero-order valence-corrected chi connectivity index (χ0v) is 14.9. The summed E-state index contributed by atoms with van der Waals surface area (Å²) in [5.74, 6) is 0.0568. The molecule has 0 N–H and O–H groups in total. The number of alkyl halides is 1. The van der Waals surface area contributed by atoms with Crippen molar-refractivity contribution in [2.24, 2.45) is 0 Å². The maximum atomic E-state index is 12.4. The largest absolute Gasteiger partial charge is 0.377 e. The van der Waals surface area contributed by atoms with Gasteiger partial charge in [0.25, 0.3) is 5.91 Å². The highest BCUT2D eigenvalue weighted by atomic mass is 79.9. The number of rotatable bonds is 4. The molecule has 0 aromatic heterocycles. The lowest BCUT2D eigenvalue weighted by Crippen LogP contribution is -2.41. The number of piperidine rings is 1. The van der Waals surface area contributed by atoms with Crippen LogP contribution >= 0.6 is 43.5 Å². The van der Waals surface area contributed by atoms with E-state index in [0.29, 0.717) is 10.6 Å². The Kier molecular flexibility index (Phi) is 6.33. The highest BCUT2D eigenvalue weighted by Crippen LogP contribution is 2.24. The molecule has 0 radical (unpaired) electrons. The van der Waals surface area contributed by atoms with Crippen molar-refractivity contribution in [1.82, 2.24) is 4.90 Å². The minimum absolute atomic E-state index is 0.0568. The first-order valence-electron chi connectivity index (χ1n) is 6.53. The minimum Gasteiger partial charge on any atom is -0.377 e. The van der Waals surface area contributed by atoms with Gasteiger partial charge in [-0.15, -0.1) is 0 Å². The van der Waals surface area contributed by atoms with Crippen molar-refractivity contribution < 1.29 is 9.53 Å². The van der Waals surface area contributed by atoms with Gasteiger partial charge >= 0.3 is 0 Å². The molecule has 1 amide bonds. The van der Waals surface area contributed by atoms with Crippen LogP contribution in [0.3, 0.4) is 0 Å². The third-order valence-electron chi connectivity index (χ3n) is 3.33. The fourth-order valence-corrected chi connectivity index (χ4v) is 2.93. The monoisotopic (exact) mass is 423 g/mol. The topological polar surface area (TPSA) is 29.5 Å². The Morgan fingerprint density at radius 3 is 2.70 bits per heavy atom. The standard InChI is InChI=1S/C14H16Br2ClNO2/c15-5-8-20-11-3-6-18(7-4-11)14(19)10-1-2-13(17)12(16)9-10/h1-2,9,11H,3-8H2. The van der Waals surface area contributed by atoms with Crippen molar-refractivity contribution in [3.8, 4) is 0 Å². The van der Waals surface area contributed by atoms with Gasteiger partial charge < -0.3 is 9.64 Å². The molecule has 1 aliphatic rings. The van der Waals surface area contributed by atoms with Crippen LogP contribution in [0.15, 0.2) is 22.7 Å². The lowest BCUT2D eigenvalue weighted by Gasteiger charge is -2.32. The van der Waals surface area contributed by atoms with E-state index in [-0.39, 0.29) is 12.0 Å². The van der Waals surface area contributed by atoms with Gasteiger partial charge in [0.05, 0.1) is 17.7 Å². The second-order valence-corrected chi connectivity index (χ2v) is 6.73. The highest BCUT2D eigenvalue weighted by molar-refractivity contribution is 9.10. The molecule has 0 atom stereocenters. The van der Waals surface area contributed by atoms with Crippen LogP contribution in [0.5, 0.6) is 0 Å². The third kappa shape index (κ3) is 4.20. The van der Waals surface area contributed by atoms with Gasteiger partial charge in [-0.2, -0.15) is 0 Å². The van der Waals surface area contributed by atoms with Gasteiger partial charge in [0, 0.05) is 28.5 Å². The van der Waals surface area contributed by atoms with Crippen LogP contribution in [-0.4, -0.2) is 41.9 Å². The molecule has 0 spiro atoms. The smallest absolute Gasteiger partial charge is 0.253 e. The summed E-state index contributed by atoms with van der Waals surface area (Å²) in [5.41, 5.74) is 0.668. The molecule has 1 fully saturated rings.